The summed E-state index contributed by atoms with van der Waals surface area (Å²) >= 11 is 0. The molecule has 0 amide bonds. The summed E-state index contributed by atoms with van der Waals surface area (Å²) in [6, 6.07) is 0.257. The molecule has 15 heavy (non-hydrogen) atoms. The van der Waals surface area contributed by atoms with Crippen LogP contribution in [0.15, 0.2) is 0 Å². The van der Waals surface area contributed by atoms with Gasteiger partial charge in [-0.1, -0.05) is 20.8 Å². The molecule has 1 heterocycles. The number of hydrogen-bond acceptors (Lipinski definition) is 3. The molecule has 1 aliphatic rings. The molecule has 4 unspecified atom stereocenters. The third kappa shape index (κ3) is 3.44. The molecule has 4 atom stereocenters. The molecule has 1 aliphatic heterocycles. The third-order valence-electron chi connectivity index (χ3n) is 3.52. The highest BCUT2D eigenvalue weighted by atomic mass is 16.3. The average Bonchev–Trinajstić information content (AvgIpc) is 2.17. The van der Waals surface area contributed by atoms with Crippen LogP contribution in [0.25, 0.3) is 0 Å². The van der Waals surface area contributed by atoms with E-state index < -0.39 is 0 Å². The van der Waals surface area contributed by atoms with Crippen LogP contribution >= 0.6 is 0 Å². The summed E-state index contributed by atoms with van der Waals surface area (Å²) in [5, 5.41) is 9.43. The molecule has 3 nitrogen and oxygen atoms in total. The SMILES string of the molecule is CCC(N)C(CO)N1CC(C)CC(C)C1. The van der Waals surface area contributed by atoms with Crippen LogP contribution in [-0.4, -0.2) is 41.8 Å². The third-order valence-corrected chi connectivity index (χ3v) is 3.52. The first-order valence-corrected chi connectivity index (χ1v) is 6.18. The second-order valence-electron chi connectivity index (χ2n) is 5.22. The van der Waals surface area contributed by atoms with Crippen molar-refractivity contribution in [3.8, 4) is 0 Å². The van der Waals surface area contributed by atoms with Crippen LogP contribution in [0.5, 0.6) is 0 Å². The molecule has 0 aliphatic carbocycles. The zero-order valence-electron chi connectivity index (χ0n) is 10.3. The van der Waals surface area contributed by atoms with Crippen LogP contribution in [0.2, 0.25) is 0 Å². The van der Waals surface area contributed by atoms with Crippen molar-refractivity contribution in [2.24, 2.45) is 17.6 Å². The molecule has 0 aromatic heterocycles. The predicted molar refractivity (Wildman–Crippen MR) is 63.7 cm³/mol. The fourth-order valence-corrected chi connectivity index (χ4v) is 2.78. The van der Waals surface area contributed by atoms with Crippen LogP contribution in [-0.2, 0) is 0 Å². The Labute approximate surface area is 93.6 Å². The Kier molecular flexibility index (Phi) is 5.03. The fraction of sp³-hybridized carbons (Fsp3) is 1.00. The minimum atomic E-state index is 0.104. The lowest BCUT2D eigenvalue weighted by Crippen LogP contribution is -2.54. The van der Waals surface area contributed by atoms with Gasteiger partial charge >= 0.3 is 0 Å². The van der Waals surface area contributed by atoms with E-state index in [9.17, 15) is 5.11 Å². The van der Waals surface area contributed by atoms with Gasteiger partial charge in [0.25, 0.3) is 0 Å². The molecule has 0 radical (unpaired) electrons. The van der Waals surface area contributed by atoms with Crippen LogP contribution in [0.4, 0.5) is 0 Å². The summed E-state index contributed by atoms with van der Waals surface area (Å²) in [5.74, 6) is 1.46. The molecule has 3 heteroatoms. The number of aliphatic hydroxyl groups excluding tert-OH is 1. The molecule has 1 saturated heterocycles. The standard InChI is InChI=1S/C12H26N2O/c1-4-11(13)12(8-15)14-6-9(2)5-10(3)7-14/h9-12,15H,4-8,13H2,1-3H3. The number of aliphatic hydroxyl groups is 1. The van der Waals surface area contributed by atoms with E-state index in [0.717, 1.165) is 31.3 Å². The monoisotopic (exact) mass is 214 g/mol. The van der Waals surface area contributed by atoms with E-state index >= 15 is 0 Å². The second kappa shape index (κ2) is 5.83. The summed E-state index contributed by atoms with van der Waals surface area (Å²) in [4.78, 5) is 2.38. The summed E-state index contributed by atoms with van der Waals surface area (Å²) in [7, 11) is 0. The van der Waals surface area contributed by atoms with Gasteiger partial charge in [0.15, 0.2) is 0 Å². The van der Waals surface area contributed by atoms with Crippen LogP contribution in [0.1, 0.15) is 33.6 Å². The van der Waals surface area contributed by atoms with Crippen molar-refractivity contribution >= 4 is 0 Å². The van der Waals surface area contributed by atoms with Crippen molar-refractivity contribution in [3.05, 3.63) is 0 Å². The van der Waals surface area contributed by atoms with E-state index in [1.807, 2.05) is 0 Å². The van der Waals surface area contributed by atoms with E-state index in [-0.39, 0.29) is 18.7 Å². The highest BCUT2D eigenvalue weighted by molar-refractivity contribution is 4.85. The van der Waals surface area contributed by atoms with Gasteiger partial charge in [0, 0.05) is 25.2 Å². The molecule has 1 rings (SSSR count). The summed E-state index contributed by atoms with van der Waals surface area (Å²) in [6.45, 7) is 9.02. The molecule has 0 saturated carbocycles. The van der Waals surface area contributed by atoms with Gasteiger partial charge in [-0.15, -0.1) is 0 Å². The van der Waals surface area contributed by atoms with Gasteiger partial charge in [-0.05, 0) is 24.7 Å². The fourth-order valence-electron chi connectivity index (χ4n) is 2.78. The lowest BCUT2D eigenvalue weighted by molar-refractivity contribution is 0.0477. The van der Waals surface area contributed by atoms with Crippen molar-refractivity contribution in [2.75, 3.05) is 19.7 Å². The summed E-state index contributed by atoms with van der Waals surface area (Å²) in [6.07, 6.45) is 2.24. The Morgan fingerprint density at radius 2 is 1.87 bits per heavy atom. The molecule has 90 valence electrons. The van der Waals surface area contributed by atoms with Gasteiger partial charge in [0.1, 0.15) is 0 Å². The van der Waals surface area contributed by atoms with E-state index in [1.54, 1.807) is 0 Å². The van der Waals surface area contributed by atoms with Crippen molar-refractivity contribution in [3.63, 3.8) is 0 Å². The topological polar surface area (TPSA) is 49.5 Å². The maximum Gasteiger partial charge on any atom is 0.0601 e. The van der Waals surface area contributed by atoms with Crippen LogP contribution < -0.4 is 5.73 Å². The van der Waals surface area contributed by atoms with Gasteiger partial charge in [-0.25, -0.2) is 0 Å². The number of piperidine rings is 1. The molecular formula is C12H26N2O. The maximum atomic E-state index is 9.43. The zero-order chi connectivity index (χ0) is 11.4. The first-order chi connectivity index (χ1) is 7.08. The Morgan fingerprint density at radius 3 is 2.27 bits per heavy atom. The van der Waals surface area contributed by atoms with Crippen molar-refractivity contribution in [1.82, 2.24) is 4.90 Å². The Morgan fingerprint density at radius 1 is 1.33 bits per heavy atom. The quantitative estimate of drug-likeness (QED) is 0.736. The molecule has 0 aromatic rings. The molecule has 0 bridgehead atoms. The lowest BCUT2D eigenvalue weighted by atomic mass is 9.89. The average molecular weight is 214 g/mol. The van der Waals surface area contributed by atoms with Gasteiger partial charge in [0.05, 0.1) is 6.61 Å². The molecule has 1 fully saturated rings. The minimum absolute atomic E-state index is 0.104. The predicted octanol–water partition coefficient (Wildman–Crippen LogP) is 1.06. The van der Waals surface area contributed by atoms with Gasteiger partial charge < -0.3 is 10.8 Å². The normalized spacial score (nSPS) is 32.6. The highest BCUT2D eigenvalue weighted by Gasteiger charge is 2.29. The summed E-state index contributed by atoms with van der Waals surface area (Å²) in [5.41, 5.74) is 6.05. The van der Waals surface area contributed by atoms with E-state index in [2.05, 4.69) is 25.7 Å². The lowest BCUT2D eigenvalue weighted by Gasteiger charge is -2.41. The molecule has 0 spiro atoms. The van der Waals surface area contributed by atoms with Crippen molar-refractivity contribution < 1.29 is 5.11 Å². The van der Waals surface area contributed by atoms with E-state index in [0.29, 0.717) is 0 Å². The van der Waals surface area contributed by atoms with Gasteiger partial charge in [-0.3, -0.25) is 4.90 Å². The number of nitrogens with two attached hydrogens (primary N) is 1. The smallest absolute Gasteiger partial charge is 0.0601 e. The molecule has 3 N–H and O–H groups in total. The van der Waals surface area contributed by atoms with Gasteiger partial charge in [0.2, 0.25) is 0 Å². The Hall–Kier alpha value is -0.120. The second-order valence-corrected chi connectivity index (χ2v) is 5.22. The van der Waals surface area contributed by atoms with Gasteiger partial charge in [-0.2, -0.15) is 0 Å². The largest absolute Gasteiger partial charge is 0.395 e. The number of likely N-dealkylation sites (tertiary alicyclic amines) is 1. The van der Waals surface area contributed by atoms with Crippen molar-refractivity contribution in [2.45, 2.75) is 45.7 Å². The highest BCUT2D eigenvalue weighted by Crippen LogP contribution is 2.23. The minimum Gasteiger partial charge on any atom is -0.395 e. The first-order valence-electron chi connectivity index (χ1n) is 6.18. The van der Waals surface area contributed by atoms with E-state index in [1.165, 1.54) is 6.42 Å². The first kappa shape index (κ1) is 12.9. The van der Waals surface area contributed by atoms with Crippen LogP contribution in [0, 0.1) is 11.8 Å². The number of hydrogen-bond donors (Lipinski definition) is 2. The van der Waals surface area contributed by atoms with E-state index in [4.69, 9.17) is 5.73 Å². The Balaban J connectivity index is 2.58. The Bertz CT molecular complexity index is 176. The molecular weight excluding hydrogens is 188 g/mol. The zero-order valence-corrected chi connectivity index (χ0v) is 10.3. The maximum absolute atomic E-state index is 9.43. The number of rotatable bonds is 4. The van der Waals surface area contributed by atoms with Crippen LogP contribution in [0.3, 0.4) is 0 Å². The van der Waals surface area contributed by atoms with Crippen molar-refractivity contribution in [1.29, 1.82) is 0 Å². The number of nitrogens with zero attached hydrogens (tertiary/aromatic N) is 1. The molecule has 0 aromatic carbocycles. The summed E-state index contributed by atoms with van der Waals surface area (Å²) < 4.78 is 0.